The molecule has 16 heavy (non-hydrogen) atoms. The fraction of sp³-hybridized carbons (Fsp3) is 0.500. The van der Waals surface area contributed by atoms with Crippen molar-refractivity contribution in [1.82, 2.24) is 0 Å². The second kappa shape index (κ2) is 7.28. The molecule has 0 bridgehead atoms. The molecule has 0 radical (unpaired) electrons. The van der Waals surface area contributed by atoms with E-state index >= 15 is 0 Å². The van der Waals surface area contributed by atoms with Gasteiger partial charge >= 0.3 is 0 Å². The lowest BCUT2D eigenvalue weighted by molar-refractivity contribution is 0.404. The molecule has 0 aromatic heterocycles. The van der Waals surface area contributed by atoms with Gasteiger partial charge in [0.1, 0.15) is 11.5 Å². The molecule has 0 aliphatic heterocycles. The molecule has 0 saturated carbocycles. The number of thioether (sulfide) groups is 1. The van der Waals surface area contributed by atoms with Gasteiger partial charge < -0.3 is 14.8 Å². The van der Waals surface area contributed by atoms with Crippen molar-refractivity contribution in [2.75, 3.05) is 38.1 Å². The third-order valence-electron chi connectivity index (χ3n) is 2.25. The highest BCUT2D eigenvalue weighted by Crippen LogP contribution is 2.28. The Hall–Kier alpha value is -1.03. The third kappa shape index (κ3) is 3.85. The Morgan fingerprint density at radius 2 is 2.06 bits per heavy atom. The number of methoxy groups -OCH3 is 2. The van der Waals surface area contributed by atoms with Crippen LogP contribution in [0.3, 0.4) is 0 Å². The summed E-state index contributed by atoms with van der Waals surface area (Å²) in [4.78, 5) is 0. The van der Waals surface area contributed by atoms with E-state index in [1.54, 1.807) is 14.2 Å². The Labute approximate surface area is 102 Å². The molecule has 0 aliphatic carbocycles. The molecule has 90 valence electrons. The van der Waals surface area contributed by atoms with Gasteiger partial charge in [0, 0.05) is 12.6 Å². The molecule has 1 aromatic carbocycles. The van der Waals surface area contributed by atoms with Crippen LogP contribution in [-0.4, -0.2) is 32.8 Å². The second-order valence-electron chi connectivity index (χ2n) is 3.34. The minimum absolute atomic E-state index is 0.841. The topological polar surface area (TPSA) is 30.5 Å². The Balaban J connectivity index is 2.60. The van der Waals surface area contributed by atoms with Crippen LogP contribution in [0.25, 0.3) is 0 Å². The quantitative estimate of drug-likeness (QED) is 0.744. The number of anilines is 1. The number of benzene rings is 1. The van der Waals surface area contributed by atoms with E-state index in [2.05, 4.69) is 11.6 Å². The fourth-order valence-corrected chi connectivity index (χ4v) is 1.82. The van der Waals surface area contributed by atoms with Crippen molar-refractivity contribution in [3.63, 3.8) is 0 Å². The maximum atomic E-state index is 5.28. The van der Waals surface area contributed by atoms with Gasteiger partial charge in [-0.25, -0.2) is 0 Å². The number of ether oxygens (including phenoxy) is 2. The van der Waals surface area contributed by atoms with Crippen molar-refractivity contribution in [2.45, 2.75) is 6.42 Å². The minimum Gasteiger partial charge on any atom is -0.497 e. The van der Waals surface area contributed by atoms with E-state index in [-0.39, 0.29) is 0 Å². The van der Waals surface area contributed by atoms with Crippen LogP contribution in [-0.2, 0) is 0 Å². The van der Waals surface area contributed by atoms with E-state index in [1.807, 2.05) is 30.0 Å². The average molecular weight is 241 g/mol. The Bertz CT molecular complexity index is 318. The SMILES string of the molecule is COc1ccc(OC)c(NCCCSC)c1. The first kappa shape index (κ1) is 13.0. The van der Waals surface area contributed by atoms with Gasteiger partial charge in [0.25, 0.3) is 0 Å². The number of nitrogens with one attached hydrogen (secondary N) is 1. The molecule has 0 spiro atoms. The molecule has 0 unspecified atom stereocenters. The van der Waals surface area contributed by atoms with E-state index in [0.29, 0.717) is 0 Å². The predicted molar refractivity (Wildman–Crippen MR) is 71.0 cm³/mol. The van der Waals surface area contributed by atoms with Crippen LogP contribution in [0.5, 0.6) is 11.5 Å². The van der Waals surface area contributed by atoms with Gasteiger partial charge in [0.2, 0.25) is 0 Å². The first-order valence-electron chi connectivity index (χ1n) is 5.26. The largest absolute Gasteiger partial charge is 0.497 e. The van der Waals surface area contributed by atoms with E-state index in [1.165, 1.54) is 5.75 Å². The summed E-state index contributed by atoms with van der Waals surface area (Å²) in [6.07, 6.45) is 3.26. The highest BCUT2D eigenvalue weighted by Gasteiger charge is 2.03. The van der Waals surface area contributed by atoms with Crippen molar-refractivity contribution in [2.24, 2.45) is 0 Å². The summed E-state index contributed by atoms with van der Waals surface area (Å²) in [5, 5.41) is 3.36. The van der Waals surface area contributed by atoms with Crippen LogP contribution in [0.15, 0.2) is 18.2 Å². The van der Waals surface area contributed by atoms with Crippen LogP contribution in [0.2, 0.25) is 0 Å². The standard InChI is InChI=1S/C12H19NO2S/c1-14-10-5-6-12(15-2)11(9-10)13-7-4-8-16-3/h5-6,9,13H,4,7-8H2,1-3H3. The van der Waals surface area contributed by atoms with Crippen molar-refractivity contribution in [3.05, 3.63) is 18.2 Å². The van der Waals surface area contributed by atoms with Gasteiger partial charge in [0.15, 0.2) is 0 Å². The zero-order valence-electron chi connectivity index (χ0n) is 10.1. The van der Waals surface area contributed by atoms with Gasteiger partial charge in [-0.15, -0.1) is 0 Å². The molecular formula is C12H19NO2S. The van der Waals surface area contributed by atoms with Gasteiger partial charge in [-0.1, -0.05) is 0 Å². The maximum absolute atomic E-state index is 5.28. The van der Waals surface area contributed by atoms with E-state index in [4.69, 9.17) is 9.47 Å². The smallest absolute Gasteiger partial charge is 0.142 e. The lowest BCUT2D eigenvalue weighted by Gasteiger charge is -2.12. The number of hydrogen-bond acceptors (Lipinski definition) is 4. The maximum Gasteiger partial charge on any atom is 0.142 e. The summed E-state index contributed by atoms with van der Waals surface area (Å²) in [6, 6.07) is 5.76. The Kier molecular flexibility index (Phi) is 5.93. The van der Waals surface area contributed by atoms with E-state index < -0.39 is 0 Å². The lowest BCUT2D eigenvalue weighted by atomic mass is 10.2. The molecule has 0 saturated heterocycles. The van der Waals surface area contributed by atoms with Crippen LogP contribution in [0.1, 0.15) is 6.42 Å². The molecule has 1 rings (SSSR count). The highest BCUT2D eigenvalue weighted by molar-refractivity contribution is 7.98. The number of rotatable bonds is 7. The average Bonchev–Trinajstić information content (AvgIpc) is 2.34. The Morgan fingerprint density at radius 1 is 1.25 bits per heavy atom. The summed E-state index contributed by atoms with van der Waals surface area (Å²) in [5.74, 6) is 2.86. The summed E-state index contributed by atoms with van der Waals surface area (Å²) >= 11 is 1.86. The summed E-state index contributed by atoms with van der Waals surface area (Å²) < 4.78 is 10.5. The van der Waals surface area contributed by atoms with Crippen molar-refractivity contribution in [1.29, 1.82) is 0 Å². The van der Waals surface area contributed by atoms with Gasteiger partial charge in [-0.2, -0.15) is 11.8 Å². The minimum atomic E-state index is 0.841. The normalized spacial score (nSPS) is 9.94. The van der Waals surface area contributed by atoms with E-state index in [0.717, 1.165) is 30.2 Å². The van der Waals surface area contributed by atoms with Gasteiger partial charge in [0.05, 0.1) is 19.9 Å². The molecule has 0 atom stereocenters. The first-order valence-corrected chi connectivity index (χ1v) is 6.66. The van der Waals surface area contributed by atoms with Crippen LogP contribution >= 0.6 is 11.8 Å². The fourth-order valence-electron chi connectivity index (χ4n) is 1.39. The third-order valence-corrected chi connectivity index (χ3v) is 2.94. The molecule has 0 aliphatic rings. The highest BCUT2D eigenvalue weighted by atomic mass is 32.2. The van der Waals surface area contributed by atoms with Crippen LogP contribution in [0, 0.1) is 0 Å². The lowest BCUT2D eigenvalue weighted by Crippen LogP contribution is -2.04. The predicted octanol–water partition coefficient (Wildman–Crippen LogP) is 2.87. The summed E-state index contributed by atoms with van der Waals surface area (Å²) in [5.41, 5.74) is 0.989. The van der Waals surface area contributed by atoms with Crippen LogP contribution < -0.4 is 14.8 Å². The summed E-state index contributed by atoms with van der Waals surface area (Å²) in [6.45, 7) is 0.949. The first-order chi connectivity index (χ1) is 7.81. The van der Waals surface area contributed by atoms with Gasteiger partial charge in [-0.05, 0) is 30.6 Å². The molecule has 0 heterocycles. The van der Waals surface area contributed by atoms with Crippen molar-refractivity contribution >= 4 is 17.4 Å². The molecule has 0 amide bonds. The second-order valence-corrected chi connectivity index (χ2v) is 4.32. The molecular weight excluding hydrogens is 222 g/mol. The molecule has 3 nitrogen and oxygen atoms in total. The van der Waals surface area contributed by atoms with Crippen LogP contribution in [0.4, 0.5) is 5.69 Å². The van der Waals surface area contributed by atoms with Crippen molar-refractivity contribution in [3.8, 4) is 11.5 Å². The van der Waals surface area contributed by atoms with Crippen molar-refractivity contribution < 1.29 is 9.47 Å². The molecule has 4 heteroatoms. The zero-order valence-corrected chi connectivity index (χ0v) is 10.9. The zero-order chi connectivity index (χ0) is 11.8. The molecule has 1 N–H and O–H groups in total. The Morgan fingerprint density at radius 3 is 2.69 bits per heavy atom. The molecule has 1 aromatic rings. The number of hydrogen-bond donors (Lipinski definition) is 1. The van der Waals surface area contributed by atoms with E-state index in [9.17, 15) is 0 Å². The molecule has 0 fully saturated rings. The van der Waals surface area contributed by atoms with Gasteiger partial charge in [-0.3, -0.25) is 0 Å². The summed E-state index contributed by atoms with van der Waals surface area (Å²) in [7, 11) is 3.34. The monoisotopic (exact) mass is 241 g/mol.